The van der Waals surface area contributed by atoms with Gasteiger partial charge in [-0.25, -0.2) is 9.59 Å². The van der Waals surface area contributed by atoms with Gasteiger partial charge in [-0.2, -0.15) is 0 Å². The number of methoxy groups -OCH3 is 1. The lowest BCUT2D eigenvalue weighted by molar-refractivity contribution is 0.0582. The molecular formula is C17H12O4. The minimum atomic E-state index is -1.25. The van der Waals surface area contributed by atoms with Crippen molar-refractivity contribution in [2.45, 2.75) is 0 Å². The van der Waals surface area contributed by atoms with Crippen LogP contribution < -0.4 is 0 Å². The molecule has 0 heterocycles. The molecule has 0 atom stereocenters. The van der Waals surface area contributed by atoms with Crippen LogP contribution in [0.4, 0.5) is 0 Å². The van der Waals surface area contributed by atoms with Crippen LogP contribution in [-0.4, -0.2) is 24.2 Å². The molecule has 1 N–H and O–H groups in total. The summed E-state index contributed by atoms with van der Waals surface area (Å²) in [6.07, 6.45) is 5.13. The first kappa shape index (κ1) is 14.4. The first-order valence-corrected chi connectivity index (χ1v) is 6.10. The molecule has 0 fully saturated rings. The van der Waals surface area contributed by atoms with Crippen molar-refractivity contribution in [1.82, 2.24) is 0 Å². The first-order chi connectivity index (χ1) is 10.1. The Labute approximate surface area is 122 Å². The number of ether oxygens (including phenoxy) is 1. The smallest absolute Gasteiger partial charge is 0.338 e. The van der Waals surface area contributed by atoms with Gasteiger partial charge in [0, 0.05) is 5.56 Å². The molecule has 0 amide bonds. The van der Waals surface area contributed by atoms with E-state index in [2.05, 4.69) is 34.9 Å². The van der Waals surface area contributed by atoms with E-state index in [4.69, 9.17) is 11.5 Å². The van der Waals surface area contributed by atoms with Crippen molar-refractivity contribution in [3.63, 3.8) is 0 Å². The van der Waals surface area contributed by atoms with Gasteiger partial charge in [0.05, 0.1) is 18.2 Å². The molecule has 0 bridgehead atoms. The third-order valence-electron chi connectivity index (χ3n) is 3.06. The summed E-state index contributed by atoms with van der Waals surface area (Å²) in [6.45, 7) is 0. The van der Waals surface area contributed by atoms with Gasteiger partial charge >= 0.3 is 11.9 Å². The van der Waals surface area contributed by atoms with Crippen LogP contribution in [0.3, 0.4) is 0 Å². The van der Waals surface area contributed by atoms with E-state index >= 15 is 0 Å². The van der Waals surface area contributed by atoms with Gasteiger partial charge in [0.1, 0.15) is 0 Å². The van der Waals surface area contributed by atoms with Crippen LogP contribution in [0.15, 0.2) is 42.5 Å². The molecule has 0 aliphatic heterocycles. The number of benzene rings is 2. The topological polar surface area (TPSA) is 63.6 Å². The molecule has 2 aliphatic carbocycles. The van der Waals surface area contributed by atoms with E-state index in [1.54, 1.807) is 0 Å². The fourth-order valence-corrected chi connectivity index (χ4v) is 1.85. The molecule has 2 aliphatic rings. The average Bonchev–Trinajstić information content (AvgIpc) is 2.49. The maximum atomic E-state index is 11.3. The van der Waals surface area contributed by atoms with Crippen molar-refractivity contribution in [3.05, 3.63) is 59.2 Å². The number of carbonyl (C=O) groups is 2. The van der Waals surface area contributed by atoms with E-state index in [0.717, 1.165) is 0 Å². The van der Waals surface area contributed by atoms with E-state index in [1.165, 1.54) is 36.4 Å². The lowest BCUT2D eigenvalue weighted by atomic mass is 9.95. The van der Waals surface area contributed by atoms with E-state index < -0.39 is 11.9 Å². The third-order valence-corrected chi connectivity index (χ3v) is 3.06. The molecule has 0 saturated heterocycles. The number of carboxylic acid groups (broad SMARTS) is 1. The highest BCUT2D eigenvalue weighted by Gasteiger charge is 2.19. The monoisotopic (exact) mass is 280 g/mol. The van der Waals surface area contributed by atoms with Gasteiger partial charge in [0.2, 0.25) is 0 Å². The zero-order chi connectivity index (χ0) is 15.4. The van der Waals surface area contributed by atoms with E-state index in [-0.39, 0.29) is 16.7 Å². The molecule has 3 rings (SSSR count). The second-order valence-corrected chi connectivity index (χ2v) is 4.25. The van der Waals surface area contributed by atoms with Crippen LogP contribution in [-0.2, 0) is 4.74 Å². The van der Waals surface area contributed by atoms with Crippen molar-refractivity contribution in [2.75, 3.05) is 7.11 Å². The van der Waals surface area contributed by atoms with Crippen LogP contribution in [0.25, 0.3) is 11.1 Å². The number of hydrogen-bond acceptors (Lipinski definition) is 3. The normalized spacial score (nSPS) is 9.71. The number of hydrogen-bond donors (Lipinski definition) is 1. The highest BCUT2D eigenvalue weighted by molar-refractivity contribution is 6.04. The number of fused-ring (bicyclic) bond motifs is 1. The fourth-order valence-electron chi connectivity index (χ4n) is 1.85. The molecule has 4 heteroatoms. The SMILES string of the molecule is C#Cc1cccc(C(=O)OC)c1C(=O)O.c1cc2ccc1-2. The maximum absolute atomic E-state index is 11.3. The molecule has 0 aromatic heterocycles. The Balaban J connectivity index is 0.000000218. The summed E-state index contributed by atoms with van der Waals surface area (Å²) >= 11 is 0. The predicted octanol–water partition coefficient (Wildman–Crippen LogP) is 2.82. The molecule has 4 nitrogen and oxygen atoms in total. The zero-order valence-electron chi connectivity index (χ0n) is 11.3. The van der Waals surface area contributed by atoms with Crippen molar-refractivity contribution in [2.24, 2.45) is 0 Å². The molecule has 0 spiro atoms. The Morgan fingerprint density at radius 1 is 1.10 bits per heavy atom. The lowest BCUT2D eigenvalue weighted by Gasteiger charge is -2.10. The van der Waals surface area contributed by atoms with Crippen LogP contribution in [0.1, 0.15) is 26.3 Å². The Bertz CT molecular complexity index is 715. The average molecular weight is 280 g/mol. The van der Waals surface area contributed by atoms with Crippen LogP contribution >= 0.6 is 0 Å². The standard InChI is InChI=1S/C11H8O4.C6H4/c1-3-7-5-4-6-8(11(14)15-2)9(7)10(12)13;1-2-6-4-3-5(1)6/h1,4-6H,2H3,(H,12,13);1-4H. The minimum absolute atomic E-state index is 0.0412. The van der Waals surface area contributed by atoms with Gasteiger partial charge in [-0.05, 0) is 23.3 Å². The molecule has 0 radical (unpaired) electrons. The van der Waals surface area contributed by atoms with Gasteiger partial charge in [0.15, 0.2) is 0 Å². The number of rotatable bonds is 2. The molecule has 104 valence electrons. The molecule has 1 aromatic carbocycles. The summed E-state index contributed by atoms with van der Waals surface area (Å²) in [5, 5.41) is 8.92. The number of esters is 1. The summed E-state index contributed by atoms with van der Waals surface area (Å²) in [6, 6.07) is 12.8. The van der Waals surface area contributed by atoms with Crippen LogP contribution in [0.5, 0.6) is 0 Å². The second kappa shape index (κ2) is 5.93. The van der Waals surface area contributed by atoms with Crippen molar-refractivity contribution in [3.8, 4) is 23.5 Å². The van der Waals surface area contributed by atoms with Gasteiger partial charge in [0.25, 0.3) is 0 Å². The van der Waals surface area contributed by atoms with Crippen LogP contribution in [0.2, 0.25) is 0 Å². The lowest BCUT2D eigenvalue weighted by Crippen LogP contribution is -2.11. The van der Waals surface area contributed by atoms with Gasteiger partial charge in [-0.15, -0.1) is 6.42 Å². The summed E-state index contributed by atoms with van der Waals surface area (Å²) in [5.74, 6) is 0.243. The Morgan fingerprint density at radius 3 is 2.00 bits per heavy atom. The van der Waals surface area contributed by atoms with E-state index in [1.807, 2.05) is 0 Å². The second-order valence-electron chi connectivity index (χ2n) is 4.25. The number of carbonyl (C=O) groups excluding carboxylic acids is 1. The fraction of sp³-hybridized carbons (Fsp3) is 0.0588. The minimum Gasteiger partial charge on any atom is -0.478 e. The van der Waals surface area contributed by atoms with Gasteiger partial charge < -0.3 is 9.84 Å². The van der Waals surface area contributed by atoms with E-state index in [9.17, 15) is 9.59 Å². The largest absolute Gasteiger partial charge is 0.478 e. The Morgan fingerprint density at radius 2 is 1.67 bits per heavy atom. The van der Waals surface area contributed by atoms with Crippen LogP contribution in [0, 0.1) is 12.3 Å². The zero-order valence-corrected chi connectivity index (χ0v) is 11.3. The number of terminal acetylenes is 1. The summed E-state index contributed by atoms with van der Waals surface area (Å²) in [7, 11) is 1.18. The number of carboxylic acids is 1. The highest BCUT2D eigenvalue weighted by atomic mass is 16.5. The van der Waals surface area contributed by atoms with Gasteiger partial charge in [-0.3, -0.25) is 0 Å². The van der Waals surface area contributed by atoms with Crippen molar-refractivity contribution in [1.29, 1.82) is 0 Å². The Kier molecular flexibility index (Phi) is 4.05. The van der Waals surface area contributed by atoms with Crippen molar-refractivity contribution < 1.29 is 19.4 Å². The molecular weight excluding hydrogens is 268 g/mol. The summed E-state index contributed by atoms with van der Waals surface area (Å²) < 4.78 is 4.46. The third kappa shape index (κ3) is 2.77. The summed E-state index contributed by atoms with van der Waals surface area (Å²) in [5.41, 5.74) is 2.77. The molecule has 0 saturated carbocycles. The quantitative estimate of drug-likeness (QED) is 0.579. The number of aromatic carboxylic acids is 1. The molecule has 21 heavy (non-hydrogen) atoms. The molecule has 0 unspecified atom stereocenters. The predicted molar refractivity (Wildman–Crippen MR) is 78.1 cm³/mol. The van der Waals surface area contributed by atoms with Gasteiger partial charge in [-0.1, -0.05) is 36.3 Å². The highest BCUT2D eigenvalue weighted by Crippen LogP contribution is 2.29. The maximum Gasteiger partial charge on any atom is 0.338 e. The molecule has 1 aromatic rings. The van der Waals surface area contributed by atoms with Crippen molar-refractivity contribution >= 4 is 11.9 Å². The van der Waals surface area contributed by atoms with E-state index in [0.29, 0.717) is 0 Å². The Hall–Kier alpha value is -3.06. The summed E-state index contributed by atoms with van der Waals surface area (Å²) in [4.78, 5) is 22.2. The first-order valence-electron chi connectivity index (χ1n) is 6.10.